The Labute approximate surface area is 114 Å². The third-order valence-corrected chi connectivity index (χ3v) is 3.33. The molecular weight excluding hydrogens is 276 g/mol. The lowest BCUT2D eigenvalue weighted by molar-refractivity contribution is 0.645. The van der Waals surface area contributed by atoms with Crippen molar-refractivity contribution in [3.63, 3.8) is 0 Å². The van der Waals surface area contributed by atoms with Gasteiger partial charge in [0.15, 0.2) is 0 Å². The number of halogens is 1. The summed E-state index contributed by atoms with van der Waals surface area (Å²) in [4.78, 5) is 2.14. The van der Waals surface area contributed by atoms with Crippen LogP contribution in [0.4, 0.5) is 11.4 Å². The Morgan fingerprint density at radius 1 is 1.35 bits per heavy atom. The van der Waals surface area contributed by atoms with E-state index < -0.39 is 0 Å². The van der Waals surface area contributed by atoms with Crippen LogP contribution in [0.5, 0.6) is 0 Å². The monoisotopic (exact) mass is 298 g/mol. The van der Waals surface area contributed by atoms with Crippen LogP contribution in [-0.4, -0.2) is 20.1 Å². The maximum absolute atomic E-state index is 3.60. The third-order valence-electron chi connectivity index (χ3n) is 2.83. The molecule has 0 fully saturated rings. The number of rotatable bonds is 6. The molecule has 17 heavy (non-hydrogen) atoms. The van der Waals surface area contributed by atoms with Crippen molar-refractivity contribution in [2.24, 2.45) is 0 Å². The quantitative estimate of drug-likeness (QED) is 0.831. The summed E-state index contributed by atoms with van der Waals surface area (Å²) in [6.45, 7) is 4.48. The Bertz CT molecular complexity index is 350. The summed E-state index contributed by atoms with van der Waals surface area (Å²) in [6.07, 6.45) is 3.75. The predicted octanol–water partition coefficient (Wildman–Crippen LogP) is 4.51. The molecule has 1 rings (SSSR count). The van der Waals surface area contributed by atoms with Crippen LogP contribution in [0.15, 0.2) is 22.7 Å². The van der Waals surface area contributed by atoms with E-state index in [1.165, 1.54) is 30.6 Å². The number of benzene rings is 1. The van der Waals surface area contributed by atoms with Crippen LogP contribution in [0.1, 0.15) is 33.1 Å². The van der Waals surface area contributed by atoms with Gasteiger partial charge in [-0.2, -0.15) is 0 Å². The van der Waals surface area contributed by atoms with Crippen molar-refractivity contribution < 1.29 is 0 Å². The molecule has 0 saturated carbocycles. The summed E-state index contributed by atoms with van der Waals surface area (Å²) in [5.74, 6) is 0. The van der Waals surface area contributed by atoms with Crippen molar-refractivity contribution in [1.82, 2.24) is 0 Å². The lowest BCUT2D eigenvalue weighted by Crippen LogP contribution is -2.18. The maximum atomic E-state index is 3.60. The first-order chi connectivity index (χ1) is 8.04. The number of nitrogens with one attached hydrogen (secondary N) is 1. The number of hydrogen-bond donors (Lipinski definition) is 1. The van der Waals surface area contributed by atoms with E-state index in [4.69, 9.17) is 0 Å². The highest BCUT2D eigenvalue weighted by atomic mass is 79.9. The molecule has 0 heterocycles. The van der Waals surface area contributed by atoms with Crippen LogP contribution < -0.4 is 10.2 Å². The summed E-state index contributed by atoms with van der Waals surface area (Å²) in [5.41, 5.74) is 2.43. The molecule has 1 atom stereocenters. The second kappa shape index (κ2) is 6.90. The van der Waals surface area contributed by atoms with Crippen molar-refractivity contribution >= 4 is 27.3 Å². The molecule has 0 amide bonds. The highest BCUT2D eigenvalue weighted by Gasteiger charge is 2.08. The molecule has 0 spiro atoms. The van der Waals surface area contributed by atoms with Crippen LogP contribution in [-0.2, 0) is 0 Å². The minimum absolute atomic E-state index is 0.517. The zero-order chi connectivity index (χ0) is 12.8. The lowest BCUT2D eigenvalue weighted by Gasteiger charge is -2.22. The second-order valence-electron chi connectivity index (χ2n) is 4.74. The van der Waals surface area contributed by atoms with Crippen molar-refractivity contribution in [1.29, 1.82) is 0 Å². The van der Waals surface area contributed by atoms with E-state index in [1.54, 1.807) is 0 Å². The number of unbranched alkanes of at least 4 members (excludes halogenated alkanes) is 1. The molecule has 96 valence electrons. The summed E-state index contributed by atoms with van der Waals surface area (Å²) in [5, 5.41) is 3.60. The van der Waals surface area contributed by atoms with Crippen molar-refractivity contribution in [3.05, 3.63) is 22.7 Å². The lowest BCUT2D eigenvalue weighted by atomic mass is 10.1. The van der Waals surface area contributed by atoms with Gasteiger partial charge in [-0.3, -0.25) is 0 Å². The van der Waals surface area contributed by atoms with Gasteiger partial charge in [0.25, 0.3) is 0 Å². The normalized spacial score (nSPS) is 12.3. The standard InChI is InChI=1S/C14H23BrN2/c1-5-6-7-11(2)16-13-10-12(15)8-9-14(13)17(3)4/h8-11,16H,5-7H2,1-4H3. The number of hydrogen-bond acceptors (Lipinski definition) is 2. The zero-order valence-corrected chi connectivity index (χ0v) is 12.8. The fraction of sp³-hybridized carbons (Fsp3) is 0.571. The smallest absolute Gasteiger partial charge is 0.0597 e. The fourth-order valence-electron chi connectivity index (χ4n) is 1.86. The van der Waals surface area contributed by atoms with E-state index in [0.29, 0.717) is 6.04 Å². The molecule has 0 aliphatic carbocycles. The molecule has 0 aromatic heterocycles. The number of anilines is 2. The molecule has 1 N–H and O–H groups in total. The van der Waals surface area contributed by atoms with Crippen LogP contribution in [0.2, 0.25) is 0 Å². The first-order valence-electron chi connectivity index (χ1n) is 6.28. The third kappa shape index (κ3) is 4.58. The molecule has 1 aromatic carbocycles. The minimum Gasteiger partial charge on any atom is -0.381 e. The highest BCUT2D eigenvalue weighted by molar-refractivity contribution is 9.10. The van der Waals surface area contributed by atoms with E-state index in [9.17, 15) is 0 Å². The molecule has 1 aromatic rings. The molecule has 0 bridgehead atoms. The molecule has 1 unspecified atom stereocenters. The van der Waals surface area contributed by atoms with Gasteiger partial charge in [0.2, 0.25) is 0 Å². The van der Waals surface area contributed by atoms with Crippen LogP contribution in [0.25, 0.3) is 0 Å². The van der Waals surface area contributed by atoms with Gasteiger partial charge in [0, 0.05) is 24.6 Å². The average Bonchev–Trinajstić information content (AvgIpc) is 2.26. The van der Waals surface area contributed by atoms with Crippen molar-refractivity contribution in [2.75, 3.05) is 24.3 Å². The Hall–Kier alpha value is -0.700. The van der Waals surface area contributed by atoms with E-state index in [1.807, 2.05) is 0 Å². The van der Waals surface area contributed by atoms with Crippen LogP contribution in [0, 0.1) is 0 Å². The maximum Gasteiger partial charge on any atom is 0.0597 e. The Balaban J connectivity index is 2.77. The SMILES string of the molecule is CCCCC(C)Nc1cc(Br)ccc1N(C)C. The molecule has 0 saturated heterocycles. The zero-order valence-electron chi connectivity index (χ0n) is 11.3. The molecule has 2 nitrogen and oxygen atoms in total. The summed E-state index contributed by atoms with van der Waals surface area (Å²) >= 11 is 3.53. The van der Waals surface area contributed by atoms with Gasteiger partial charge in [-0.1, -0.05) is 35.7 Å². The highest BCUT2D eigenvalue weighted by Crippen LogP contribution is 2.29. The van der Waals surface area contributed by atoms with E-state index in [-0.39, 0.29) is 0 Å². The van der Waals surface area contributed by atoms with Gasteiger partial charge < -0.3 is 10.2 Å². The molecule has 3 heteroatoms. The minimum atomic E-state index is 0.517. The molecule has 0 aliphatic rings. The average molecular weight is 299 g/mol. The summed E-state index contributed by atoms with van der Waals surface area (Å²) in [7, 11) is 4.15. The molecule has 0 radical (unpaired) electrons. The van der Waals surface area contributed by atoms with Crippen LogP contribution >= 0.6 is 15.9 Å². The topological polar surface area (TPSA) is 15.3 Å². The van der Waals surface area contributed by atoms with Gasteiger partial charge in [0.1, 0.15) is 0 Å². The van der Waals surface area contributed by atoms with Gasteiger partial charge in [-0.15, -0.1) is 0 Å². The van der Waals surface area contributed by atoms with E-state index in [2.05, 4.69) is 72.3 Å². The van der Waals surface area contributed by atoms with Gasteiger partial charge in [0.05, 0.1) is 11.4 Å². The van der Waals surface area contributed by atoms with Crippen molar-refractivity contribution in [2.45, 2.75) is 39.2 Å². The van der Waals surface area contributed by atoms with Crippen molar-refractivity contribution in [3.8, 4) is 0 Å². The van der Waals surface area contributed by atoms with E-state index in [0.717, 1.165) is 4.47 Å². The molecular formula is C14H23BrN2. The summed E-state index contributed by atoms with van der Waals surface area (Å²) in [6, 6.07) is 6.89. The fourth-order valence-corrected chi connectivity index (χ4v) is 2.22. The first kappa shape index (κ1) is 14.4. The summed E-state index contributed by atoms with van der Waals surface area (Å²) < 4.78 is 1.12. The van der Waals surface area contributed by atoms with Gasteiger partial charge in [-0.25, -0.2) is 0 Å². The second-order valence-corrected chi connectivity index (χ2v) is 5.66. The van der Waals surface area contributed by atoms with E-state index >= 15 is 0 Å². The largest absolute Gasteiger partial charge is 0.381 e. The van der Waals surface area contributed by atoms with Crippen LogP contribution in [0.3, 0.4) is 0 Å². The predicted molar refractivity (Wildman–Crippen MR) is 81.1 cm³/mol. The molecule has 0 aliphatic heterocycles. The van der Waals surface area contributed by atoms with Gasteiger partial charge in [-0.05, 0) is 31.5 Å². The Morgan fingerprint density at radius 2 is 2.06 bits per heavy atom. The Morgan fingerprint density at radius 3 is 2.65 bits per heavy atom. The van der Waals surface area contributed by atoms with Gasteiger partial charge >= 0.3 is 0 Å². The first-order valence-corrected chi connectivity index (χ1v) is 7.07. The Kier molecular flexibility index (Phi) is 5.83. The number of nitrogens with zero attached hydrogens (tertiary/aromatic N) is 1.